The lowest BCUT2D eigenvalue weighted by molar-refractivity contribution is -0.137. The molecule has 2 rings (SSSR count). The number of rotatable bonds is 3. The Hall–Kier alpha value is -1.56. The van der Waals surface area contributed by atoms with Crippen LogP contribution in [0.1, 0.15) is 31.3 Å². The zero-order chi connectivity index (χ0) is 14.2. The van der Waals surface area contributed by atoms with Crippen LogP contribution in [0.5, 0.6) is 0 Å². The van der Waals surface area contributed by atoms with Crippen LogP contribution in [-0.4, -0.2) is 16.1 Å². The van der Waals surface area contributed by atoms with E-state index >= 15 is 0 Å². The number of hydrogen-bond acceptors (Lipinski definition) is 2. The molecule has 0 aliphatic heterocycles. The zero-order valence-corrected chi connectivity index (χ0v) is 10.8. The fraction of sp³-hybridized carbons (Fsp3) is 0.462. The van der Waals surface area contributed by atoms with Crippen molar-refractivity contribution in [2.75, 3.05) is 6.54 Å². The predicted octanol–water partition coefficient (Wildman–Crippen LogP) is 3.14. The van der Waals surface area contributed by atoms with Gasteiger partial charge in [0.15, 0.2) is 0 Å². The molecule has 104 valence electrons. The summed E-state index contributed by atoms with van der Waals surface area (Å²) in [5.41, 5.74) is 5.93. The van der Waals surface area contributed by atoms with E-state index in [1.54, 1.807) is 0 Å². The Labute approximate surface area is 109 Å². The van der Waals surface area contributed by atoms with Gasteiger partial charge in [-0.3, -0.25) is 0 Å². The Kier molecular flexibility index (Phi) is 3.54. The molecule has 0 aliphatic carbocycles. The van der Waals surface area contributed by atoms with E-state index in [2.05, 4.69) is 4.98 Å². The summed E-state index contributed by atoms with van der Waals surface area (Å²) in [7, 11) is 0. The minimum atomic E-state index is -4.34. The van der Waals surface area contributed by atoms with Gasteiger partial charge in [0.05, 0.1) is 16.6 Å². The first-order chi connectivity index (χ1) is 8.84. The highest BCUT2D eigenvalue weighted by Gasteiger charge is 2.31. The number of hydrogen-bond donors (Lipinski definition) is 1. The Balaban J connectivity index is 2.62. The van der Waals surface area contributed by atoms with Gasteiger partial charge < -0.3 is 10.3 Å². The van der Waals surface area contributed by atoms with Gasteiger partial charge in [-0.1, -0.05) is 0 Å². The molecule has 1 aromatic heterocycles. The summed E-state index contributed by atoms with van der Waals surface area (Å²) >= 11 is 0. The summed E-state index contributed by atoms with van der Waals surface area (Å²) < 4.78 is 40.0. The number of imidazole rings is 1. The molecule has 0 unspecified atom stereocenters. The first-order valence-corrected chi connectivity index (χ1v) is 6.12. The molecule has 2 aromatic rings. The molecule has 19 heavy (non-hydrogen) atoms. The lowest BCUT2D eigenvalue weighted by Crippen LogP contribution is -2.11. The Morgan fingerprint density at radius 1 is 1.32 bits per heavy atom. The van der Waals surface area contributed by atoms with Gasteiger partial charge in [-0.25, -0.2) is 4.98 Å². The van der Waals surface area contributed by atoms with Crippen LogP contribution < -0.4 is 5.73 Å². The molecule has 1 aromatic carbocycles. The fourth-order valence-corrected chi connectivity index (χ4v) is 2.21. The van der Waals surface area contributed by atoms with Gasteiger partial charge in [0, 0.05) is 12.5 Å². The molecule has 3 nitrogen and oxygen atoms in total. The third-order valence-corrected chi connectivity index (χ3v) is 2.97. The van der Waals surface area contributed by atoms with E-state index in [1.807, 2.05) is 18.4 Å². The molecular formula is C13H16F3N3. The largest absolute Gasteiger partial charge is 0.416 e. The normalized spacial score (nSPS) is 12.6. The third kappa shape index (κ3) is 2.58. The molecule has 0 bridgehead atoms. The van der Waals surface area contributed by atoms with E-state index in [1.165, 1.54) is 6.07 Å². The van der Waals surface area contributed by atoms with Crippen molar-refractivity contribution in [3.05, 3.63) is 29.6 Å². The van der Waals surface area contributed by atoms with Gasteiger partial charge in [0.2, 0.25) is 0 Å². The van der Waals surface area contributed by atoms with E-state index < -0.39 is 11.7 Å². The maximum atomic E-state index is 12.7. The molecule has 0 saturated carbocycles. The molecule has 0 amide bonds. The van der Waals surface area contributed by atoms with Crippen LogP contribution in [0.2, 0.25) is 0 Å². The van der Waals surface area contributed by atoms with Crippen LogP contribution in [0.15, 0.2) is 18.2 Å². The van der Waals surface area contributed by atoms with Crippen LogP contribution in [0.3, 0.4) is 0 Å². The zero-order valence-electron chi connectivity index (χ0n) is 10.8. The average Bonchev–Trinajstić information content (AvgIpc) is 2.65. The number of fused-ring (bicyclic) bond motifs is 1. The molecule has 0 aliphatic rings. The van der Waals surface area contributed by atoms with Crippen LogP contribution in [0.25, 0.3) is 11.0 Å². The van der Waals surface area contributed by atoms with E-state index in [4.69, 9.17) is 5.73 Å². The second kappa shape index (κ2) is 4.85. The Morgan fingerprint density at radius 2 is 2.00 bits per heavy atom. The molecule has 0 atom stereocenters. The monoisotopic (exact) mass is 271 g/mol. The van der Waals surface area contributed by atoms with Gasteiger partial charge in [0.25, 0.3) is 0 Å². The topological polar surface area (TPSA) is 43.8 Å². The number of benzene rings is 1. The van der Waals surface area contributed by atoms with E-state index in [9.17, 15) is 13.2 Å². The van der Waals surface area contributed by atoms with Crippen LogP contribution in [-0.2, 0) is 12.6 Å². The van der Waals surface area contributed by atoms with Crippen molar-refractivity contribution in [2.24, 2.45) is 5.73 Å². The summed E-state index contributed by atoms with van der Waals surface area (Å²) in [4.78, 5) is 4.28. The van der Waals surface area contributed by atoms with Crippen LogP contribution in [0, 0.1) is 0 Å². The number of nitrogens with two attached hydrogens (primary N) is 1. The minimum absolute atomic E-state index is 0.128. The van der Waals surface area contributed by atoms with Crippen molar-refractivity contribution >= 4 is 11.0 Å². The van der Waals surface area contributed by atoms with Gasteiger partial charge >= 0.3 is 6.18 Å². The molecular weight excluding hydrogens is 255 g/mol. The van der Waals surface area contributed by atoms with Crippen molar-refractivity contribution < 1.29 is 13.2 Å². The number of halogens is 3. The molecule has 2 N–H and O–H groups in total. The van der Waals surface area contributed by atoms with Crippen molar-refractivity contribution in [3.8, 4) is 0 Å². The SMILES string of the molecule is CC(C)n1c(CCN)nc2cc(C(F)(F)F)ccc21. The first kappa shape index (κ1) is 13.9. The highest BCUT2D eigenvalue weighted by atomic mass is 19.4. The molecule has 1 heterocycles. The summed E-state index contributed by atoms with van der Waals surface area (Å²) in [6, 6.07) is 3.79. The third-order valence-electron chi connectivity index (χ3n) is 2.97. The first-order valence-electron chi connectivity index (χ1n) is 6.12. The van der Waals surface area contributed by atoms with Gasteiger partial charge in [-0.05, 0) is 38.6 Å². The lowest BCUT2D eigenvalue weighted by atomic mass is 10.2. The highest BCUT2D eigenvalue weighted by Crippen LogP contribution is 2.32. The van der Waals surface area contributed by atoms with Crippen molar-refractivity contribution in [1.82, 2.24) is 9.55 Å². The smallest absolute Gasteiger partial charge is 0.330 e. The summed E-state index contributed by atoms with van der Waals surface area (Å²) in [6.45, 7) is 4.36. The molecule has 6 heteroatoms. The summed E-state index contributed by atoms with van der Waals surface area (Å²) in [6.07, 6.45) is -3.79. The van der Waals surface area contributed by atoms with Gasteiger partial charge in [0.1, 0.15) is 5.82 Å². The van der Waals surface area contributed by atoms with E-state index in [-0.39, 0.29) is 6.04 Å². The lowest BCUT2D eigenvalue weighted by Gasteiger charge is -2.13. The quantitative estimate of drug-likeness (QED) is 0.932. The highest BCUT2D eigenvalue weighted by molar-refractivity contribution is 5.77. The number of alkyl halides is 3. The standard InChI is InChI=1S/C13H16F3N3/c1-8(2)19-11-4-3-9(13(14,15)16)7-10(11)18-12(19)5-6-17/h3-4,7-8H,5-6,17H2,1-2H3. The Morgan fingerprint density at radius 3 is 2.53 bits per heavy atom. The van der Waals surface area contributed by atoms with Crippen LogP contribution >= 0.6 is 0 Å². The molecule has 0 fully saturated rings. The summed E-state index contributed by atoms with van der Waals surface area (Å²) in [5.74, 6) is 0.729. The van der Waals surface area contributed by atoms with Crippen LogP contribution in [0.4, 0.5) is 13.2 Å². The number of nitrogens with zero attached hydrogens (tertiary/aromatic N) is 2. The minimum Gasteiger partial charge on any atom is -0.330 e. The van der Waals surface area contributed by atoms with Crippen molar-refractivity contribution in [2.45, 2.75) is 32.5 Å². The van der Waals surface area contributed by atoms with Gasteiger partial charge in [-0.15, -0.1) is 0 Å². The second-order valence-corrected chi connectivity index (χ2v) is 4.73. The van der Waals surface area contributed by atoms with E-state index in [0.717, 1.165) is 18.0 Å². The van der Waals surface area contributed by atoms with Gasteiger partial charge in [-0.2, -0.15) is 13.2 Å². The molecule has 0 radical (unpaired) electrons. The average molecular weight is 271 g/mol. The maximum absolute atomic E-state index is 12.7. The summed E-state index contributed by atoms with van der Waals surface area (Å²) in [5, 5.41) is 0. The Bertz CT molecular complexity index is 585. The van der Waals surface area contributed by atoms with Crippen molar-refractivity contribution in [3.63, 3.8) is 0 Å². The molecule has 0 spiro atoms. The van der Waals surface area contributed by atoms with Crippen molar-refractivity contribution in [1.29, 1.82) is 0 Å². The molecule has 0 saturated heterocycles. The van der Waals surface area contributed by atoms with E-state index in [0.29, 0.717) is 24.0 Å². The second-order valence-electron chi connectivity index (χ2n) is 4.73. The predicted molar refractivity (Wildman–Crippen MR) is 67.9 cm³/mol. The maximum Gasteiger partial charge on any atom is 0.416 e. The fourth-order valence-electron chi connectivity index (χ4n) is 2.21. The number of aromatic nitrogens is 2.